The van der Waals surface area contributed by atoms with E-state index in [9.17, 15) is 72.9 Å². The molecule has 3 aromatic carbocycles. The molecule has 3 aromatic rings. The van der Waals surface area contributed by atoms with Gasteiger partial charge in [0.05, 0.1) is 25.9 Å². The van der Waals surface area contributed by atoms with E-state index >= 15 is 0 Å². The van der Waals surface area contributed by atoms with E-state index in [1.807, 2.05) is 0 Å². The van der Waals surface area contributed by atoms with Gasteiger partial charge >= 0.3 is 5.97 Å². The number of phenols is 2. The summed E-state index contributed by atoms with van der Waals surface area (Å²) in [5.41, 5.74) is 6.81. The fraction of sp³-hybridized carbons (Fsp3) is 0.412. The first-order chi connectivity index (χ1) is 36.4. The highest BCUT2D eigenvalue weighted by molar-refractivity contribution is 6.00. The number of aromatic hydroxyl groups is 2. The summed E-state index contributed by atoms with van der Waals surface area (Å²) in [5, 5.41) is 53.6. The number of carboxylic acids is 1. The van der Waals surface area contributed by atoms with Crippen LogP contribution in [0.1, 0.15) is 63.6 Å². The van der Waals surface area contributed by atoms with Gasteiger partial charge in [-0.1, -0.05) is 68.4 Å². The van der Waals surface area contributed by atoms with Crippen LogP contribution < -0.4 is 58.9 Å². The Morgan fingerprint density at radius 3 is 1.31 bits per heavy atom. The molecule has 0 saturated carbocycles. The van der Waals surface area contributed by atoms with Crippen LogP contribution in [0.3, 0.4) is 0 Å². The summed E-state index contributed by atoms with van der Waals surface area (Å²) < 4.78 is 0. The molecule has 1 aliphatic rings. The molecule has 1 saturated heterocycles. The van der Waals surface area contributed by atoms with Crippen LogP contribution in [0.4, 0.5) is 0 Å². The molecule has 15 N–H and O–H groups in total. The van der Waals surface area contributed by atoms with Crippen molar-refractivity contribution in [3.63, 3.8) is 0 Å². The first kappa shape index (κ1) is 60.5. The Bertz CT molecular complexity index is 2630. The number of carboxylic acid groups (broad SMARTS) is 1. The zero-order chi connectivity index (χ0) is 56.9. The number of nitrogens with one attached hydrogen (secondary N) is 10. The number of primary amides is 1. The number of phenolic OH excluding ortho intramolecular Hbond substituents is 2. The van der Waals surface area contributed by atoms with Crippen LogP contribution >= 0.6 is 0 Å². The molecule has 26 heteroatoms. The van der Waals surface area contributed by atoms with Gasteiger partial charge < -0.3 is 74.2 Å². The number of carbonyl (C=O) groups is 12. The summed E-state index contributed by atoms with van der Waals surface area (Å²) in [6, 6.07) is 6.79. The molecule has 4 rings (SSSR count). The number of hydrogen-bond acceptors (Lipinski definition) is 14. The number of nitrogens with two attached hydrogens (primary N) is 1. The van der Waals surface area contributed by atoms with E-state index in [1.54, 1.807) is 44.2 Å². The first-order valence-corrected chi connectivity index (χ1v) is 24.4. The summed E-state index contributed by atoms with van der Waals surface area (Å²) >= 11 is 0. The lowest BCUT2D eigenvalue weighted by molar-refractivity contribution is -0.141. The van der Waals surface area contributed by atoms with Gasteiger partial charge in [-0.15, -0.1) is 0 Å². The highest BCUT2D eigenvalue weighted by Crippen LogP contribution is 2.15. The van der Waals surface area contributed by atoms with E-state index in [0.29, 0.717) is 16.7 Å². The van der Waals surface area contributed by atoms with Crippen molar-refractivity contribution < 1.29 is 72.9 Å². The number of amides is 11. The lowest BCUT2D eigenvalue weighted by Gasteiger charge is -2.27. The third kappa shape index (κ3) is 20.6. The van der Waals surface area contributed by atoms with Gasteiger partial charge in [0, 0.05) is 19.3 Å². The van der Waals surface area contributed by atoms with Crippen LogP contribution in [-0.4, -0.2) is 148 Å². The smallest absolute Gasteiger partial charge is 0.305 e. The normalized spacial score (nSPS) is 23.4. The van der Waals surface area contributed by atoms with Gasteiger partial charge in [-0.05, 0) is 67.1 Å². The van der Waals surface area contributed by atoms with Gasteiger partial charge in [-0.25, -0.2) is 0 Å². The van der Waals surface area contributed by atoms with E-state index in [-0.39, 0.29) is 43.1 Å². The zero-order valence-electron chi connectivity index (χ0n) is 42.7. The largest absolute Gasteiger partial charge is 0.508 e. The van der Waals surface area contributed by atoms with Crippen LogP contribution in [-0.2, 0) is 76.8 Å². The van der Waals surface area contributed by atoms with E-state index in [1.165, 1.54) is 62.4 Å². The molecule has 0 radical (unpaired) electrons. The van der Waals surface area contributed by atoms with Crippen molar-refractivity contribution >= 4 is 70.9 Å². The van der Waals surface area contributed by atoms with Crippen LogP contribution in [0, 0.1) is 5.92 Å². The second-order valence-electron chi connectivity index (χ2n) is 18.7. The van der Waals surface area contributed by atoms with E-state index in [2.05, 4.69) is 53.2 Å². The fourth-order valence-electron chi connectivity index (χ4n) is 7.66. The molecule has 0 aromatic heterocycles. The topological polar surface area (TPSA) is 412 Å². The van der Waals surface area contributed by atoms with Crippen LogP contribution in [0.2, 0.25) is 0 Å². The maximum absolute atomic E-state index is 14.3. The predicted octanol–water partition coefficient (Wildman–Crippen LogP) is -3.31. The quantitative estimate of drug-likeness (QED) is 0.0845. The molecule has 414 valence electrons. The first-order valence-electron chi connectivity index (χ1n) is 24.4. The zero-order valence-corrected chi connectivity index (χ0v) is 42.7. The van der Waals surface area contributed by atoms with Gasteiger partial charge in [0.2, 0.25) is 65.0 Å². The van der Waals surface area contributed by atoms with Gasteiger partial charge in [0.1, 0.15) is 59.8 Å². The van der Waals surface area contributed by atoms with E-state index in [0.717, 1.165) is 0 Å². The Labute approximate surface area is 442 Å². The third-order valence-electron chi connectivity index (χ3n) is 11.7. The van der Waals surface area contributed by atoms with Crippen LogP contribution in [0.5, 0.6) is 11.5 Å². The molecule has 11 amide bonds. The monoisotopic (exact) mass is 1070 g/mol. The average molecular weight is 1070 g/mol. The Balaban J connectivity index is 1.73. The van der Waals surface area contributed by atoms with Crippen molar-refractivity contribution in [2.24, 2.45) is 11.7 Å². The third-order valence-corrected chi connectivity index (χ3v) is 11.7. The van der Waals surface area contributed by atoms with Gasteiger partial charge in [0.15, 0.2) is 0 Å². The summed E-state index contributed by atoms with van der Waals surface area (Å²) in [6.45, 7) is 4.37. The Morgan fingerprint density at radius 2 is 0.844 bits per heavy atom. The second kappa shape index (κ2) is 29.1. The summed E-state index contributed by atoms with van der Waals surface area (Å²) in [4.78, 5) is 161. The minimum atomic E-state index is -1.87. The molecule has 0 spiro atoms. The summed E-state index contributed by atoms with van der Waals surface area (Å²) in [5.74, 6) is -13.1. The Morgan fingerprint density at radius 1 is 0.468 bits per heavy atom. The maximum Gasteiger partial charge on any atom is 0.305 e. The number of hydrogen-bond donors (Lipinski definition) is 14. The van der Waals surface area contributed by atoms with Gasteiger partial charge in [0.25, 0.3) is 0 Å². The lowest BCUT2D eigenvalue weighted by atomic mass is 10.00. The number of rotatable bonds is 12. The highest BCUT2D eigenvalue weighted by atomic mass is 16.4. The molecule has 0 aliphatic carbocycles. The molecule has 77 heavy (non-hydrogen) atoms. The SMILES string of the molecule is CC(C)C[C@@H]1NC(=O)[C@H](Cc2ccc(O)cc2)NC(=O)[C@H](CC(N)=O)NC(=O)[C@H](C)NC(=O)[C@H](Cc2ccccc2)NC(=O)CNC(=O)CNC(=O)[C@H](Cc2ccc(O)cc2)NC(=O)[C@H](CC(=O)O)NC(=O)[C@H](C)NC1=O. The molecule has 1 aliphatic heterocycles. The summed E-state index contributed by atoms with van der Waals surface area (Å²) in [6.07, 6.45) is -2.59. The molecule has 1 heterocycles. The maximum atomic E-state index is 14.3. The van der Waals surface area contributed by atoms with Gasteiger partial charge in [-0.2, -0.15) is 0 Å². The summed E-state index contributed by atoms with van der Waals surface area (Å²) in [7, 11) is 0. The van der Waals surface area contributed by atoms with Crippen LogP contribution in [0.25, 0.3) is 0 Å². The van der Waals surface area contributed by atoms with Crippen molar-refractivity contribution in [2.75, 3.05) is 13.1 Å². The Kier molecular flexibility index (Phi) is 22.9. The molecule has 26 nitrogen and oxygen atoms in total. The molecule has 1 fully saturated rings. The number of carbonyl (C=O) groups excluding carboxylic acids is 11. The Hall–Kier alpha value is -9.10. The van der Waals surface area contributed by atoms with E-state index < -0.39 is 145 Å². The van der Waals surface area contributed by atoms with Crippen molar-refractivity contribution in [1.29, 1.82) is 0 Å². The minimum Gasteiger partial charge on any atom is -0.508 e. The number of benzene rings is 3. The van der Waals surface area contributed by atoms with Crippen molar-refractivity contribution in [3.8, 4) is 11.5 Å². The standard InChI is InChI=1S/C51H65N11O15/c1-26(2)18-34-47(73)55-28(4)45(71)59-39(23-43(68)69)51(77)61-35(20-30-10-14-32(63)15-11-30)46(72)54-24-41(66)53-25-42(67)57-36(19-29-8-6-5-7-9-29)48(74)56-27(3)44(70)58-38(22-40(52)65)50(76)62-37(49(75)60-34)21-31-12-16-33(64)17-13-31/h5-17,26-28,34-39,63-64H,18-25H2,1-4H3,(H2,52,65)(H,53,66)(H,54,72)(H,55,73)(H,56,74)(H,57,67)(H,58,70)(H,59,71)(H,60,75)(H,61,77)(H,62,76)(H,68,69)/t27-,28-,34-,35-,36-,37-,38-,39-/m0/s1. The second-order valence-corrected chi connectivity index (χ2v) is 18.7. The molecule has 8 atom stereocenters. The van der Waals surface area contributed by atoms with Crippen LogP contribution in [0.15, 0.2) is 78.9 Å². The fourth-order valence-corrected chi connectivity index (χ4v) is 7.66. The minimum absolute atomic E-state index is 0.0537. The van der Waals surface area contributed by atoms with Crippen molar-refractivity contribution in [1.82, 2.24) is 53.2 Å². The molecular weight excluding hydrogens is 1010 g/mol. The molecule has 0 unspecified atom stereocenters. The molecule has 0 bridgehead atoms. The highest BCUT2D eigenvalue weighted by Gasteiger charge is 2.35. The average Bonchev–Trinajstić information content (AvgIpc) is 3.36. The van der Waals surface area contributed by atoms with E-state index in [4.69, 9.17) is 5.73 Å². The lowest BCUT2D eigenvalue weighted by Crippen LogP contribution is -2.61. The van der Waals surface area contributed by atoms with Crippen molar-refractivity contribution in [2.45, 2.75) is 115 Å². The predicted molar refractivity (Wildman–Crippen MR) is 272 cm³/mol. The molecular formula is C51H65N11O15. The van der Waals surface area contributed by atoms with Crippen molar-refractivity contribution in [3.05, 3.63) is 95.6 Å². The number of aliphatic carboxylic acids is 1. The van der Waals surface area contributed by atoms with Gasteiger partial charge in [-0.3, -0.25) is 57.5 Å².